The molecule has 6 heteroatoms. The quantitative estimate of drug-likeness (QED) is 0.898. The topological polar surface area (TPSA) is 65.1 Å². The van der Waals surface area contributed by atoms with Crippen molar-refractivity contribution in [3.05, 3.63) is 35.7 Å². The molecule has 108 valence electrons. The van der Waals surface area contributed by atoms with E-state index in [0.29, 0.717) is 17.6 Å². The van der Waals surface area contributed by atoms with Crippen molar-refractivity contribution in [2.75, 3.05) is 13.2 Å². The fourth-order valence-corrected chi connectivity index (χ4v) is 2.61. The second-order valence-electron chi connectivity index (χ2n) is 5.34. The van der Waals surface area contributed by atoms with Gasteiger partial charge in [-0.3, -0.25) is 0 Å². The molecule has 20 heavy (non-hydrogen) atoms. The van der Waals surface area contributed by atoms with Crippen LogP contribution in [-0.2, 0) is 18.3 Å². The summed E-state index contributed by atoms with van der Waals surface area (Å²) in [5, 5.41) is 7.32. The van der Waals surface area contributed by atoms with Crippen molar-refractivity contribution >= 4 is 0 Å². The van der Waals surface area contributed by atoms with Gasteiger partial charge in [0.1, 0.15) is 6.10 Å². The van der Waals surface area contributed by atoms with E-state index in [1.165, 1.54) is 5.56 Å². The molecule has 2 aromatic heterocycles. The minimum Gasteiger partial charge on any atom is -0.368 e. The molecule has 0 amide bonds. The Hall–Kier alpha value is -1.66. The minimum atomic E-state index is -0.0699. The Kier molecular flexibility index (Phi) is 3.84. The molecule has 3 rings (SSSR count). The first-order chi connectivity index (χ1) is 9.72. The number of aryl methyl sites for hydroxylation is 2. The Bertz CT molecular complexity index is 563. The molecular formula is C14H20N4O2. The SMILES string of the molecule is Cc1noc([C@H]2OCC[C@H]2CNCc2ccn(C)c2)n1. The summed E-state index contributed by atoms with van der Waals surface area (Å²) in [5.74, 6) is 1.65. The Morgan fingerprint density at radius 2 is 2.40 bits per heavy atom. The summed E-state index contributed by atoms with van der Waals surface area (Å²) in [6.45, 7) is 4.34. The number of aromatic nitrogens is 3. The van der Waals surface area contributed by atoms with Crippen molar-refractivity contribution in [2.45, 2.75) is 26.0 Å². The third-order valence-electron chi connectivity index (χ3n) is 3.63. The number of hydrogen-bond donors (Lipinski definition) is 1. The lowest BCUT2D eigenvalue weighted by Crippen LogP contribution is -2.24. The van der Waals surface area contributed by atoms with Gasteiger partial charge in [-0.2, -0.15) is 4.98 Å². The highest BCUT2D eigenvalue weighted by Crippen LogP contribution is 2.33. The molecule has 0 unspecified atom stereocenters. The van der Waals surface area contributed by atoms with Crippen LogP contribution in [0.2, 0.25) is 0 Å². The molecular weight excluding hydrogens is 256 g/mol. The lowest BCUT2D eigenvalue weighted by atomic mass is 10.0. The summed E-state index contributed by atoms with van der Waals surface area (Å²) in [6.07, 6.45) is 5.13. The highest BCUT2D eigenvalue weighted by atomic mass is 16.5. The maximum atomic E-state index is 5.73. The van der Waals surface area contributed by atoms with E-state index < -0.39 is 0 Å². The van der Waals surface area contributed by atoms with Gasteiger partial charge in [0, 0.05) is 45.1 Å². The number of hydrogen-bond acceptors (Lipinski definition) is 5. The van der Waals surface area contributed by atoms with E-state index in [-0.39, 0.29) is 6.10 Å². The van der Waals surface area contributed by atoms with Crippen LogP contribution in [-0.4, -0.2) is 27.9 Å². The van der Waals surface area contributed by atoms with Gasteiger partial charge in [-0.15, -0.1) is 0 Å². The van der Waals surface area contributed by atoms with Gasteiger partial charge in [-0.05, 0) is 25.0 Å². The molecule has 0 saturated carbocycles. The summed E-state index contributed by atoms with van der Waals surface area (Å²) in [7, 11) is 2.03. The van der Waals surface area contributed by atoms with E-state index in [2.05, 4.69) is 38.5 Å². The van der Waals surface area contributed by atoms with Crippen LogP contribution < -0.4 is 5.32 Å². The number of ether oxygens (including phenoxy) is 1. The van der Waals surface area contributed by atoms with E-state index in [0.717, 1.165) is 26.1 Å². The van der Waals surface area contributed by atoms with Crippen LogP contribution >= 0.6 is 0 Å². The largest absolute Gasteiger partial charge is 0.368 e. The van der Waals surface area contributed by atoms with Crippen LogP contribution in [0, 0.1) is 12.8 Å². The van der Waals surface area contributed by atoms with Crippen molar-refractivity contribution in [2.24, 2.45) is 13.0 Å². The Morgan fingerprint density at radius 3 is 3.10 bits per heavy atom. The molecule has 1 aliphatic heterocycles. The summed E-state index contributed by atoms with van der Waals surface area (Å²) >= 11 is 0. The Labute approximate surface area is 118 Å². The number of nitrogens with one attached hydrogen (secondary N) is 1. The molecule has 0 aliphatic carbocycles. The second-order valence-corrected chi connectivity index (χ2v) is 5.34. The van der Waals surface area contributed by atoms with E-state index >= 15 is 0 Å². The van der Waals surface area contributed by atoms with E-state index in [1.807, 2.05) is 14.0 Å². The van der Waals surface area contributed by atoms with Crippen molar-refractivity contribution in [1.29, 1.82) is 0 Å². The number of nitrogens with zero attached hydrogens (tertiary/aromatic N) is 3. The van der Waals surface area contributed by atoms with Crippen molar-refractivity contribution in [3.8, 4) is 0 Å². The number of rotatable bonds is 5. The minimum absolute atomic E-state index is 0.0699. The summed E-state index contributed by atoms with van der Waals surface area (Å²) in [6, 6.07) is 2.12. The molecule has 0 bridgehead atoms. The molecule has 0 radical (unpaired) electrons. The molecule has 1 N–H and O–H groups in total. The van der Waals surface area contributed by atoms with Gasteiger partial charge in [0.2, 0.25) is 0 Å². The zero-order valence-electron chi connectivity index (χ0n) is 11.9. The molecule has 3 heterocycles. The fraction of sp³-hybridized carbons (Fsp3) is 0.571. The summed E-state index contributed by atoms with van der Waals surface area (Å²) in [4.78, 5) is 4.28. The van der Waals surface area contributed by atoms with E-state index in [9.17, 15) is 0 Å². The van der Waals surface area contributed by atoms with Gasteiger partial charge in [0.25, 0.3) is 5.89 Å². The molecule has 2 atom stereocenters. The van der Waals surface area contributed by atoms with Crippen LogP contribution in [0.15, 0.2) is 23.0 Å². The molecule has 0 aromatic carbocycles. The summed E-state index contributed by atoms with van der Waals surface area (Å²) in [5.41, 5.74) is 1.29. The van der Waals surface area contributed by atoms with Crippen LogP contribution in [0.5, 0.6) is 0 Å². The van der Waals surface area contributed by atoms with Crippen LogP contribution in [0.4, 0.5) is 0 Å². The highest BCUT2D eigenvalue weighted by Gasteiger charge is 2.33. The summed E-state index contributed by atoms with van der Waals surface area (Å²) < 4.78 is 13.0. The van der Waals surface area contributed by atoms with Gasteiger partial charge in [0.05, 0.1) is 0 Å². The maximum absolute atomic E-state index is 5.73. The maximum Gasteiger partial charge on any atom is 0.256 e. The first-order valence-electron chi connectivity index (χ1n) is 6.96. The lowest BCUT2D eigenvalue weighted by Gasteiger charge is -2.15. The smallest absolute Gasteiger partial charge is 0.256 e. The predicted molar refractivity (Wildman–Crippen MR) is 73.0 cm³/mol. The van der Waals surface area contributed by atoms with Gasteiger partial charge in [-0.25, -0.2) is 0 Å². The van der Waals surface area contributed by atoms with Gasteiger partial charge >= 0.3 is 0 Å². The lowest BCUT2D eigenvalue weighted by molar-refractivity contribution is 0.0623. The Morgan fingerprint density at radius 1 is 1.50 bits per heavy atom. The van der Waals surface area contributed by atoms with Crippen LogP contribution in [0.25, 0.3) is 0 Å². The van der Waals surface area contributed by atoms with Gasteiger partial charge in [0.15, 0.2) is 5.82 Å². The monoisotopic (exact) mass is 276 g/mol. The first-order valence-corrected chi connectivity index (χ1v) is 6.96. The molecule has 1 saturated heterocycles. The highest BCUT2D eigenvalue weighted by molar-refractivity contribution is 5.09. The van der Waals surface area contributed by atoms with Crippen molar-refractivity contribution in [3.63, 3.8) is 0 Å². The molecule has 6 nitrogen and oxygen atoms in total. The second kappa shape index (κ2) is 5.76. The van der Waals surface area contributed by atoms with E-state index in [4.69, 9.17) is 9.26 Å². The average molecular weight is 276 g/mol. The third kappa shape index (κ3) is 2.91. The fourth-order valence-electron chi connectivity index (χ4n) is 2.61. The van der Waals surface area contributed by atoms with Gasteiger partial charge < -0.3 is 19.1 Å². The normalized spacial score (nSPS) is 22.5. The van der Waals surface area contributed by atoms with Crippen LogP contribution in [0.1, 0.15) is 29.8 Å². The van der Waals surface area contributed by atoms with Gasteiger partial charge in [-0.1, -0.05) is 5.16 Å². The van der Waals surface area contributed by atoms with E-state index in [1.54, 1.807) is 0 Å². The molecule has 1 fully saturated rings. The van der Waals surface area contributed by atoms with Crippen LogP contribution in [0.3, 0.4) is 0 Å². The molecule has 0 spiro atoms. The van der Waals surface area contributed by atoms with Crippen molar-refractivity contribution in [1.82, 2.24) is 20.0 Å². The standard InChI is InChI=1S/C14H20N4O2/c1-10-16-14(20-17-10)13-12(4-6-19-13)8-15-7-11-3-5-18(2)9-11/h3,5,9,12-13,15H,4,6-8H2,1-2H3/t12-,13-/m0/s1. The molecule has 2 aromatic rings. The Balaban J connectivity index is 1.54. The zero-order chi connectivity index (χ0) is 13.9. The molecule has 1 aliphatic rings. The third-order valence-corrected chi connectivity index (χ3v) is 3.63. The zero-order valence-corrected chi connectivity index (χ0v) is 11.9. The predicted octanol–water partition coefficient (Wildman–Crippen LogP) is 1.58. The average Bonchev–Trinajstić information content (AvgIpc) is 3.11. The van der Waals surface area contributed by atoms with Crippen molar-refractivity contribution < 1.29 is 9.26 Å². The first kappa shape index (κ1) is 13.3.